The standard InChI is InChI=1S/C19H40/c1-6-8-10-11-12-13-14-16-18(3)19(4,5)17-15-9-7-2/h18H,6-17H2,1-5H3. The highest BCUT2D eigenvalue weighted by Gasteiger charge is 2.24. The third-order valence-corrected chi connectivity index (χ3v) is 5.00. The molecule has 0 fully saturated rings. The molecule has 0 N–H and O–H groups in total. The molecule has 0 amide bonds. The molecule has 116 valence electrons. The van der Waals surface area contributed by atoms with Gasteiger partial charge >= 0.3 is 0 Å². The van der Waals surface area contributed by atoms with E-state index in [0.29, 0.717) is 5.41 Å². The molecule has 0 aliphatic carbocycles. The van der Waals surface area contributed by atoms with Crippen LogP contribution in [0.1, 0.15) is 112 Å². The lowest BCUT2D eigenvalue weighted by Crippen LogP contribution is -2.21. The van der Waals surface area contributed by atoms with E-state index in [2.05, 4.69) is 34.6 Å². The summed E-state index contributed by atoms with van der Waals surface area (Å²) in [6.45, 7) is 12.0. The first kappa shape index (κ1) is 19.0. The third kappa shape index (κ3) is 10.4. The molecule has 0 bridgehead atoms. The minimum atomic E-state index is 0.553. The predicted molar refractivity (Wildman–Crippen MR) is 89.7 cm³/mol. The molecule has 0 aliphatic rings. The molecule has 0 nitrogen and oxygen atoms in total. The van der Waals surface area contributed by atoms with Gasteiger partial charge in [0.1, 0.15) is 0 Å². The van der Waals surface area contributed by atoms with E-state index in [1.807, 2.05) is 0 Å². The zero-order valence-electron chi connectivity index (χ0n) is 14.6. The quantitative estimate of drug-likeness (QED) is 0.306. The predicted octanol–water partition coefficient (Wildman–Crippen LogP) is 7.37. The Morgan fingerprint density at radius 1 is 0.684 bits per heavy atom. The highest BCUT2D eigenvalue weighted by Crippen LogP contribution is 2.35. The molecular formula is C19H40. The summed E-state index contributed by atoms with van der Waals surface area (Å²) >= 11 is 0. The second kappa shape index (κ2) is 11.8. The highest BCUT2D eigenvalue weighted by atomic mass is 14.3. The summed E-state index contributed by atoms with van der Waals surface area (Å²) in [5.74, 6) is 0.889. The highest BCUT2D eigenvalue weighted by molar-refractivity contribution is 4.75. The van der Waals surface area contributed by atoms with Gasteiger partial charge in [0, 0.05) is 0 Å². The Kier molecular flexibility index (Phi) is 11.8. The van der Waals surface area contributed by atoms with Gasteiger partial charge in [0.25, 0.3) is 0 Å². The van der Waals surface area contributed by atoms with E-state index < -0.39 is 0 Å². The van der Waals surface area contributed by atoms with Gasteiger partial charge in [-0.2, -0.15) is 0 Å². The average molecular weight is 269 g/mol. The maximum atomic E-state index is 2.48. The number of hydrogen-bond acceptors (Lipinski definition) is 0. The molecule has 0 saturated carbocycles. The summed E-state index contributed by atoms with van der Waals surface area (Å²) in [5, 5.41) is 0. The van der Waals surface area contributed by atoms with Gasteiger partial charge in [-0.25, -0.2) is 0 Å². The number of rotatable bonds is 13. The van der Waals surface area contributed by atoms with E-state index in [9.17, 15) is 0 Å². The lowest BCUT2D eigenvalue weighted by molar-refractivity contribution is 0.190. The van der Waals surface area contributed by atoms with Crippen molar-refractivity contribution in [3.8, 4) is 0 Å². The van der Waals surface area contributed by atoms with Crippen molar-refractivity contribution in [1.29, 1.82) is 0 Å². The summed E-state index contributed by atoms with van der Waals surface area (Å²) < 4.78 is 0. The lowest BCUT2D eigenvalue weighted by atomic mass is 9.74. The Hall–Kier alpha value is 0. The van der Waals surface area contributed by atoms with Crippen molar-refractivity contribution in [1.82, 2.24) is 0 Å². The first-order valence-electron chi connectivity index (χ1n) is 9.04. The van der Waals surface area contributed by atoms with Crippen LogP contribution in [0.4, 0.5) is 0 Å². The summed E-state index contributed by atoms with van der Waals surface area (Å²) in [6.07, 6.45) is 17.1. The largest absolute Gasteiger partial charge is 0.0654 e. The van der Waals surface area contributed by atoms with Crippen LogP contribution in [0.25, 0.3) is 0 Å². The van der Waals surface area contributed by atoms with E-state index in [4.69, 9.17) is 0 Å². The van der Waals surface area contributed by atoms with Crippen molar-refractivity contribution < 1.29 is 0 Å². The van der Waals surface area contributed by atoms with Crippen molar-refractivity contribution in [2.45, 2.75) is 112 Å². The molecule has 0 spiro atoms. The third-order valence-electron chi connectivity index (χ3n) is 5.00. The molecule has 0 radical (unpaired) electrons. The van der Waals surface area contributed by atoms with Crippen molar-refractivity contribution in [2.24, 2.45) is 11.3 Å². The Labute approximate surface area is 123 Å². The summed E-state index contributed by atoms with van der Waals surface area (Å²) in [5.41, 5.74) is 0.553. The molecule has 0 heteroatoms. The molecule has 0 aromatic rings. The van der Waals surface area contributed by atoms with Crippen LogP contribution >= 0.6 is 0 Å². The minimum absolute atomic E-state index is 0.553. The fourth-order valence-corrected chi connectivity index (χ4v) is 2.88. The fraction of sp³-hybridized carbons (Fsp3) is 1.00. The molecule has 0 rings (SSSR count). The normalized spacial score (nSPS) is 13.7. The molecule has 0 heterocycles. The van der Waals surface area contributed by atoms with Gasteiger partial charge < -0.3 is 0 Å². The second-order valence-electron chi connectivity index (χ2n) is 7.26. The van der Waals surface area contributed by atoms with Gasteiger partial charge in [-0.05, 0) is 17.8 Å². The number of unbranched alkanes of at least 4 members (excludes halogenated alkanes) is 8. The van der Waals surface area contributed by atoms with Crippen LogP contribution in [0.2, 0.25) is 0 Å². The van der Waals surface area contributed by atoms with Gasteiger partial charge in [-0.3, -0.25) is 0 Å². The summed E-state index contributed by atoms with van der Waals surface area (Å²) in [7, 11) is 0. The zero-order chi connectivity index (χ0) is 14.6. The van der Waals surface area contributed by atoms with E-state index in [0.717, 1.165) is 5.92 Å². The first-order valence-corrected chi connectivity index (χ1v) is 9.04. The maximum absolute atomic E-state index is 2.48. The summed E-state index contributed by atoms with van der Waals surface area (Å²) in [4.78, 5) is 0. The van der Waals surface area contributed by atoms with Crippen molar-refractivity contribution >= 4 is 0 Å². The lowest BCUT2D eigenvalue weighted by Gasteiger charge is -2.32. The van der Waals surface area contributed by atoms with Gasteiger partial charge in [-0.1, -0.05) is 105 Å². The van der Waals surface area contributed by atoms with Crippen LogP contribution in [-0.2, 0) is 0 Å². The Morgan fingerprint density at radius 2 is 1.16 bits per heavy atom. The van der Waals surface area contributed by atoms with Crippen LogP contribution in [0.3, 0.4) is 0 Å². The number of hydrogen-bond donors (Lipinski definition) is 0. The van der Waals surface area contributed by atoms with Crippen molar-refractivity contribution in [2.75, 3.05) is 0 Å². The molecule has 0 aromatic heterocycles. The molecule has 1 atom stereocenters. The molecule has 1 unspecified atom stereocenters. The maximum Gasteiger partial charge on any atom is -0.0329 e. The topological polar surface area (TPSA) is 0 Å². The van der Waals surface area contributed by atoms with Crippen molar-refractivity contribution in [3.05, 3.63) is 0 Å². The molecule has 0 aromatic carbocycles. The van der Waals surface area contributed by atoms with Gasteiger partial charge in [-0.15, -0.1) is 0 Å². The van der Waals surface area contributed by atoms with E-state index in [1.54, 1.807) is 0 Å². The van der Waals surface area contributed by atoms with Crippen molar-refractivity contribution in [3.63, 3.8) is 0 Å². The van der Waals surface area contributed by atoms with E-state index >= 15 is 0 Å². The van der Waals surface area contributed by atoms with Crippen LogP contribution < -0.4 is 0 Å². The van der Waals surface area contributed by atoms with Crippen LogP contribution in [0, 0.1) is 11.3 Å². The molecule has 0 aliphatic heterocycles. The smallest absolute Gasteiger partial charge is 0.0329 e. The molecule has 19 heavy (non-hydrogen) atoms. The SMILES string of the molecule is CCCCCCCCCC(C)C(C)(C)CCCCC. The van der Waals surface area contributed by atoms with E-state index in [-0.39, 0.29) is 0 Å². The minimum Gasteiger partial charge on any atom is -0.0654 e. The molecular weight excluding hydrogens is 228 g/mol. The van der Waals surface area contributed by atoms with Gasteiger partial charge in [0.05, 0.1) is 0 Å². The first-order chi connectivity index (χ1) is 9.04. The fourth-order valence-electron chi connectivity index (χ4n) is 2.88. The van der Waals surface area contributed by atoms with Gasteiger partial charge in [0.2, 0.25) is 0 Å². The second-order valence-corrected chi connectivity index (χ2v) is 7.26. The van der Waals surface area contributed by atoms with E-state index in [1.165, 1.54) is 77.0 Å². The average Bonchev–Trinajstić information content (AvgIpc) is 2.37. The van der Waals surface area contributed by atoms with Crippen LogP contribution in [-0.4, -0.2) is 0 Å². The Bertz CT molecular complexity index is 180. The molecule has 0 saturated heterocycles. The summed E-state index contributed by atoms with van der Waals surface area (Å²) in [6, 6.07) is 0. The van der Waals surface area contributed by atoms with Crippen LogP contribution in [0.5, 0.6) is 0 Å². The Balaban J connectivity index is 3.57. The monoisotopic (exact) mass is 268 g/mol. The zero-order valence-corrected chi connectivity index (χ0v) is 14.6. The van der Waals surface area contributed by atoms with Gasteiger partial charge in [0.15, 0.2) is 0 Å². The van der Waals surface area contributed by atoms with Crippen LogP contribution in [0.15, 0.2) is 0 Å². The Morgan fingerprint density at radius 3 is 1.74 bits per heavy atom.